The molecule has 0 aliphatic carbocycles. The van der Waals surface area contributed by atoms with Crippen molar-refractivity contribution in [3.8, 4) is 11.5 Å². The van der Waals surface area contributed by atoms with Gasteiger partial charge in [0.25, 0.3) is 0 Å². The number of amides is 1. The summed E-state index contributed by atoms with van der Waals surface area (Å²) in [5.74, 6) is -3.67. The van der Waals surface area contributed by atoms with Crippen LogP contribution in [0.3, 0.4) is 0 Å². The number of phenols is 1. The van der Waals surface area contributed by atoms with Crippen LogP contribution in [0.1, 0.15) is 45.7 Å². The normalized spacial score (nSPS) is 12.1. The first-order chi connectivity index (χ1) is 15.3. The molecule has 7 nitrogen and oxygen atoms in total. The number of nitrogens with one attached hydrogen (secondary N) is 1. The lowest BCUT2D eigenvalue weighted by Gasteiger charge is -2.18. The number of phenolic OH excluding ortho intramolecular Hbond substituents is 1. The van der Waals surface area contributed by atoms with E-state index in [1.807, 2.05) is 0 Å². The summed E-state index contributed by atoms with van der Waals surface area (Å²) >= 11 is 0.595. The molecule has 0 saturated heterocycles. The number of rotatable bonds is 7. The van der Waals surface area contributed by atoms with Crippen LogP contribution in [0, 0.1) is 6.92 Å². The van der Waals surface area contributed by atoms with Gasteiger partial charge in [-0.25, -0.2) is 4.79 Å². The fraction of sp³-hybridized carbons (Fsp3) is 0.273. The average Bonchev–Trinajstić information content (AvgIpc) is 2.69. The number of ether oxygens (including phenoxy) is 1. The third-order valence-electron chi connectivity index (χ3n) is 4.32. The molecule has 2 aromatic rings. The first kappa shape index (κ1) is 25.9. The highest BCUT2D eigenvalue weighted by atomic mass is 32.2. The smallest absolute Gasteiger partial charge is 0.416 e. The number of Topliss-reactive ketones (excluding diaryl/α,β-unsaturated/α-hetero) is 1. The molecular formula is C22H20F3NO6S. The Morgan fingerprint density at radius 2 is 1.70 bits per heavy atom. The van der Waals surface area contributed by atoms with Crippen LogP contribution >= 0.6 is 11.8 Å². The number of halogens is 3. The number of aromatic hydroxyl groups is 1. The molecule has 11 heteroatoms. The van der Waals surface area contributed by atoms with Crippen molar-refractivity contribution in [1.29, 1.82) is 0 Å². The molecule has 0 bridgehead atoms. The Bertz CT molecular complexity index is 1100. The SMILES string of the molecule is CC(=O)N[C@H](CSC(=O)c1ccc(C)cc1O)C(=O)Oc1cc(C(F)(F)F)ccc1C(C)=O. The Balaban J connectivity index is 2.24. The van der Waals surface area contributed by atoms with Crippen LogP contribution in [0.4, 0.5) is 13.2 Å². The molecule has 0 unspecified atom stereocenters. The highest BCUT2D eigenvalue weighted by Crippen LogP contribution is 2.33. The van der Waals surface area contributed by atoms with Crippen molar-refractivity contribution in [3.63, 3.8) is 0 Å². The number of alkyl halides is 3. The van der Waals surface area contributed by atoms with Gasteiger partial charge >= 0.3 is 12.1 Å². The van der Waals surface area contributed by atoms with Crippen LogP contribution < -0.4 is 10.1 Å². The van der Waals surface area contributed by atoms with Crippen LogP contribution in [0.5, 0.6) is 11.5 Å². The number of hydrogen-bond donors (Lipinski definition) is 2. The first-order valence-electron chi connectivity index (χ1n) is 9.47. The summed E-state index contributed by atoms with van der Waals surface area (Å²) in [5.41, 5.74) is -0.689. The number of carbonyl (C=O) groups is 4. The topological polar surface area (TPSA) is 110 Å². The molecular weight excluding hydrogens is 463 g/mol. The highest BCUT2D eigenvalue weighted by molar-refractivity contribution is 8.14. The van der Waals surface area contributed by atoms with E-state index in [4.69, 9.17) is 4.74 Å². The minimum absolute atomic E-state index is 0.0164. The Morgan fingerprint density at radius 1 is 1.06 bits per heavy atom. The van der Waals surface area contributed by atoms with Gasteiger partial charge in [-0.2, -0.15) is 13.2 Å². The van der Waals surface area contributed by atoms with Crippen molar-refractivity contribution >= 4 is 34.5 Å². The third kappa shape index (κ3) is 7.07. The largest absolute Gasteiger partial charge is 0.507 e. The molecule has 2 aromatic carbocycles. The van der Waals surface area contributed by atoms with Gasteiger partial charge in [0.2, 0.25) is 11.0 Å². The van der Waals surface area contributed by atoms with Gasteiger partial charge in [0, 0.05) is 12.7 Å². The Kier molecular flexibility index (Phi) is 8.26. The maximum atomic E-state index is 13.1. The van der Waals surface area contributed by atoms with Crippen molar-refractivity contribution in [1.82, 2.24) is 5.32 Å². The molecule has 1 amide bonds. The Hall–Kier alpha value is -3.34. The quantitative estimate of drug-likeness (QED) is 0.349. The molecule has 0 radical (unpaired) electrons. The zero-order chi connectivity index (χ0) is 24.9. The van der Waals surface area contributed by atoms with E-state index in [0.29, 0.717) is 23.9 Å². The second kappa shape index (κ2) is 10.5. The molecule has 1 atom stereocenters. The molecule has 2 N–H and O–H groups in total. The van der Waals surface area contributed by atoms with Gasteiger partial charge < -0.3 is 15.2 Å². The molecule has 0 saturated carbocycles. The lowest BCUT2D eigenvalue weighted by molar-refractivity contribution is -0.140. The third-order valence-corrected chi connectivity index (χ3v) is 5.30. The molecule has 0 spiro atoms. The summed E-state index contributed by atoms with van der Waals surface area (Å²) in [5, 5.41) is 11.6. The zero-order valence-electron chi connectivity index (χ0n) is 17.8. The van der Waals surface area contributed by atoms with Crippen LogP contribution in [0.2, 0.25) is 0 Å². The van der Waals surface area contributed by atoms with Crippen LogP contribution in [0.25, 0.3) is 0 Å². The van der Waals surface area contributed by atoms with E-state index >= 15 is 0 Å². The second-order valence-electron chi connectivity index (χ2n) is 7.06. The molecule has 33 heavy (non-hydrogen) atoms. The van der Waals surface area contributed by atoms with E-state index in [-0.39, 0.29) is 22.6 Å². The Morgan fingerprint density at radius 3 is 2.24 bits per heavy atom. The summed E-state index contributed by atoms with van der Waals surface area (Å²) in [4.78, 5) is 48.3. The summed E-state index contributed by atoms with van der Waals surface area (Å²) < 4.78 is 44.2. The molecule has 0 aliphatic rings. The summed E-state index contributed by atoms with van der Waals surface area (Å²) in [6.07, 6.45) is -4.74. The highest BCUT2D eigenvalue weighted by Gasteiger charge is 2.33. The molecule has 0 fully saturated rings. The van der Waals surface area contributed by atoms with E-state index in [9.17, 15) is 37.5 Å². The van der Waals surface area contributed by atoms with E-state index in [1.54, 1.807) is 13.0 Å². The minimum Gasteiger partial charge on any atom is -0.507 e. The molecule has 2 rings (SSSR count). The molecule has 0 aromatic heterocycles. The molecule has 176 valence electrons. The van der Waals surface area contributed by atoms with Crippen molar-refractivity contribution in [2.75, 3.05) is 5.75 Å². The minimum atomic E-state index is -4.74. The van der Waals surface area contributed by atoms with Gasteiger partial charge in [-0.3, -0.25) is 14.4 Å². The van der Waals surface area contributed by atoms with Gasteiger partial charge in [0.05, 0.1) is 16.7 Å². The lowest BCUT2D eigenvalue weighted by atomic mass is 10.1. The summed E-state index contributed by atoms with van der Waals surface area (Å²) in [7, 11) is 0. The van der Waals surface area contributed by atoms with Crippen LogP contribution in [0.15, 0.2) is 36.4 Å². The fourth-order valence-electron chi connectivity index (χ4n) is 2.72. The van der Waals surface area contributed by atoms with Gasteiger partial charge in [-0.05, 0) is 49.7 Å². The van der Waals surface area contributed by atoms with Gasteiger partial charge in [0.15, 0.2) is 5.78 Å². The van der Waals surface area contributed by atoms with E-state index < -0.39 is 46.3 Å². The molecule has 0 aliphatic heterocycles. The van der Waals surface area contributed by atoms with Crippen molar-refractivity contribution in [2.45, 2.75) is 33.0 Å². The van der Waals surface area contributed by atoms with Gasteiger partial charge in [-0.1, -0.05) is 17.8 Å². The predicted molar refractivity (Wildman–Crippen MR) is 114 cm³/mol. The van der Waals surface area contributed by atoms with Crippen molar-refractivity contribution in [2.24, 2.45) is 0 Å². The number of benzene rings is 2. The maximum absolute atomic E-state index is 13.1. The number of aryl methyl sites for hydroxylation is 1. The lowest BCUT2D eigenvalue weighted by Crippen LogP contribution is -2.44. The van der Waals surface area contributed by atoms with Crippen molar-refractivity contribution < 1.29 is 42.2 Å². The van der Waals surface area contributed by atoms with E-state index in [2.05, 4.69) is 5.32 Å². The zero-order valence-corrected chi connectivity index (χ0v) is 18.6. The number of carbonyl (C=O) groups excluding carboxylic acids is 4. The number of thioether (sulfide) groups is 1. The summed E-state index contributed by atoms with van der Waals surface area (Å²) in [6.45, 7) is 3.91. The second-order valence-corrected chi connectivity index (χ2v) is 8.05. The van der Waals surface area contributed by atoms with E-state index in [1.165, 1.54) is 12.1 Å². The van der Waals surface area contributed by atoms with Crippen molar-refractivity contribution in [3.05, 3.63) is 58.7 Å². The standard InChI is InChI=1S/C22H20F3NO6S/c1-11-4-6-16(18(29)8-11)21(31)33-10-17(26-13(3)28)20(30)32-19-9-14(22(23,24)25)5-7-15(19)12(2)27/h4-9,17,29H,10H2,1-3H3,(H,26,28)/t17-/m1/s1. The maximum Gasteiger partial charge on any atom is 0.416 e. The summed E-state index contributed by atoms with van der Waals surface area (Å²) in [6, 6.07) is 5.05. The van der Waals surface area contributed by atoms with Gasteiger partial charge in [-0.15, -0.1) is 0 Å². The Labute approximate surface area is 191 Å². The number of ketones is 1. The van der Waals surface area contributed by atoms with E-state index in [0.717, 1.165) is 25.5 Å². The van der Waals surface area contributed by atoms with Crippen LogP contribution in [-0.2, 0) is 15.8 Å². The average molecular weight is 483 g/mol. The predicted octanol–water partition coefficient (Wildman–Crippen LogP) is 3.91. The number of hydrogen-bond acceptors (Lipinski definition) is 7. The fourth-order valence-corrected chi connectivity index (χ4v) is 3.58. The monoisotopic (exact) mass is 483 g/mol. The van der Waals surface area contributed by atoms with Crippen LogP contribution in [-0.4, -0.2) is 39.7 Å². The van der Waals surface area contributed by atoms with Gasteiger partial charge in [0.1, 0.15) is 17.5 Å². The number of esters is 1. The molecule has 0 heterocycles. The first-order valence-corrected chi connectivity index (χ1v) is 10.5.